The Labute approximate surface area is 443 Å². The molecule has 0 unspecified atom stereocenters. The van der Waals surface area contributed by atoms with E-state index in [2.05, 4.69) is 313 Å². The number of hydrogen-bond donors (Lipinski definition) is 0. The van der Waals surface area contributed by atoms with E-state index in [0.29, 0.717) is 0 Å². The summed E-state index contributed by atoms with van der Waals surface area (Å²) in [6.07, 6.45) is 0. The maximum Gasteiger partial charge on any atom is 0.0714 e. The number of rotatable bonds is 9. The third-order valence-electron chi connectivity index (χ3n) is 16.6. The van der Waals surface area contributed by atoms with Gasteiger partial charge in [0.05, 0.1) is 21.9 Å². The first-order chi connectivity index (χ1) is 37.7. The minimum atomic E-state index is -0.545. The van der Waals surface area contributed by atoms with E-state index in [1.165, 1.54) is 88.6 Å². The van der Waals surface area contributed by atoms with Crippen molar-refractivity contribution in [3.63, 3.8) is 0 Å². The number of aromatic nitrogens is 1. The molecule has 0 spiro atoms. The van der Waals surface area contributed by atoms with Crippen LogP contribution in [0.2, 0.25) is 0 Å². The van der Waals surface area contributed by atoms with Crippen LogP contribution in [0.4, 0.5) is 17.1 Å². The molecule has 15 rings (SSSR count). The molecule has 0 radical (unpaired) electrons. The van der Waals surface area contributed by atoms with Crippen LogP contribution in [0.5, 0.6) is 0 Å². The van der Waals surface area contributed by atoms with Gasteiger partial charge < -0.3 is 9.47 Å². The molecule has 1 aromatic heterocycles. The van der Waals surface area contributed by atoms with E-state index in [0.717, 1.165) is 33.9 Å². The lowest BCUT2D eigenvalue weighted by Gasteiger charge is -2.35. The van der Waals surface area contributed by atoms with Crippen LogP contribution in [-0.2, 0) is 10.8 Å². The molecule has 2 aliphatic carbocycles. The Morgan fingerprint density at radius 2 is 0.645 bits per heavy atom. The van der Waals surface area contributed by atoms with Crippen molar-refractivity contribution in [1.82, 2.24) is 4.57 Å². The zero-order valence-electron chi connectivity index (χ0n) is 41.8. The Morgan fingerprint density at radius 1 is 0.250 bits per heavy atom. The summed E-state index contributed by atoms with van der Waals surface area (Å²) < 4.78 is 2.40. The second-order valence-electron chi connectivity index (χ2n) is 20.3. The van der Waals surface area contributed by atoms with Crippen LogP contribution in [0.1, 0.15) is 44.5 Å². The fraction of sp³-hybridized carbons (Fsp3) is 0.0270. The predicted molar refractivity (Wildman–Crippen MR) is 316 cm³/mol. The highest BCUT2D eigenvalue weighted by atomic mass is 15.1. The smallest absolute Gasteiger partial charge is 0.0714 e. The Bertz CT molecular complexity index is 4180. The summed E-state index contributed by atoms with van der Waals surface area (Å²) in [5, 5.41) is 2.52. The van der Waals surface area contributed by atoms with Crippen LogP contribution in [0.25, 0.3) is 60.9 Å². The van der Waals surface area contributed by atoms with E-state index < -0.39 is 10.8 Å². The molecular weight excluding hydrogens is 917 g/mol. The van der Waals surface area contributed by atoms with Crippen molar-refractivity contribution in [2.75, 3.05) is 4.90 Å². The topological polar surface area (TPSA) is 8.17 Å². The van der Waals surface area contributed by atoms with Gasteiger partial charge in [0.25, 0.3) is 0 Å². The average Bonchev–Trinajstić information content (AvgIpc) is 4.16. The maximum absolute atomic E-state index is 2.47. The highest BCUT2D eigenvalue weighted by Gasteiger charge is 2.47. The molecule has 0 aliphatic heterocycles. The van der Waals surface area contributed by atoms with Gasteiger partial charge in [0.1, 0.15) is 0 Å². The second kappa shape index (κ2) is 17.4. The molecule has 2 aliphatic rings. The number of anilines is 3. The van der Waals surface area contributed by atoms with Crippen LogP contribution in [0.15, 0.2) is 303 Å². The van der Waals surface area contributed by atoms with Crippen LogP contribution in [-0.4, -0.2) is 4.57 Å². The SMILES string of the molecule is c1ccc(C2(c3ccc(N(c4ccc(-c5cccc(-n6c7ccccc7c7ccccc76)c5)cc4)c4ccc5c(c4)C(c4ccccc4)(c4ccccc4)c4ccccc4-5)cc3)c3ccccc3-c3ccccc32)cc1. The molecule has 0 saturated heterocycles. The normalized spacial score (nSPS) is 13.5. The van der Waals surface area contributed by atoms with Crippen molar-refractivity contribution in [1.29, 1.82) is 0 Å². The number of para-hydroxylation sites is 2. The Hall–Kier alpha value is -9.76. The Balaban J connectivity index is 0.912. The summed E-state index contributed by atoms with van der Waals surface area (Å²) in [6, 6.07) is 112. The minimum absolute atomic E-state index is 0.502. The zero-order valence-corrected chi connectivity index (χ0v) is 41.8. The first kappa shape index (κ1) is 43.8. The zero-order chi connectivity index (χ0) is 50.2. The first-order valence-corrected chi connectivity index (χ1v) is 26.4. The molecule has 356 valence electrons. The van der Waals surface area contributed by atoms with Gasteiger partial charge in [0, 0.05) is 33.5 Å². The standard InChI is InChI=1S/C74H50N2/c1-4-22-53(23-5-1)73(67-34-15-10-29-61(67)62-30-11-16-35-68(62)73)56-41-45-58(46-42-56)75(57-43-39-51(40-44-57)52-21-20-28-59(49-52)76-71-37-18-13-32-65(71)66-33-14-19-38-72(66)76)60-47-48-64-63-31-12-17-36-69(63)74(70(64)50-60,54-24-6-2-7-25-54)55-26-8-3-9-27-55/h1-50H. The molecule has 0 N–H and O–H groups in total. The fourth-order valence-corrected chi connectivity index (χ4v) is 13.4. The van der Waals surface area contributed by atoms with Gasteiger partial charge in [-0.05, 0) is 139 Å². The van der Waals surface area contributed by atoms with Gasteiger partial charge in [0.15, 0.2) is 0 Å². The Kier molecular flexibility index (Phi) is 10.0. The molecule has 0 amide bonds. The van der Waals surface area contributed by atoms with Crippen molar-refractivity contribution in [2.24, 2.45) is 0 Å². The summed E-state index contributed by atoms with van der Waals surface area (Å²) >= 11 is 0. The van der Waals surface area contributed by atoms with Crippen LogP contribution < -0.4 is 4.90 Å². The predicted octanol–water partition coefficient (Wildman–Crippen LogP) is 18.6. The monoisotopic (exact) mass is 966 g/mol. The molecule has 0 saturated carbocycles. The van der Waals surface area contributed by atoms with Gasteiger partial charge in [-0.2, -0.15) is 0 Å². The van der Waals surface area contributed by atoms with Gasteiger partial charge >= 0.3 is 0 Å². The average molecular weight is 967 g/mol. The molecule has 12 aromatic carbocycles. The van der Waals surface area contributed by atoms with Gasteiger partial charge in [0.2, 0.25) is 0 Å². The van der Waals surface area contributed by atoms with Crippen LogP contribution >= 0.6 is 0 Å². The summed E-state index contributed by atoms with van der Waals surface area (Å²) in [5.41, 5.74) is 23.3. The molecule has 0 bridgehead atoms. The highest BCUT2D eigenvalue weighted by molar-refractivity contribution is 6.09. The number of benzene rings is 12. The maximum atomic E-state index is 2.47. The lowest BCUT2D eigenvalue weighted by atomic mass is 9.67. The van der Waals surface area contributed by atoms with Crippen molar-refractivity contribution in [3.05, 3.63) is 348 Å². The van der Waals surface area contributed by atoms with Crippen molar-refractivity contribution in [3.8, 4) is 39.1 Å². The molecule has 1 heterocycles. The first-order valence-electron chi connectivity index (χ1n) is 26.4. The molecular formula is C74H50N2. The van der Waals surface area contributed by atoms with Crippen LogP contribution in [0.3, 0.4) is 0 Å². The highest BCUT2D eigenvalue weighted by Crippen LogP contribution is 2.59. The summed E-state index contributed by atoms with van der Waals surface area (Å²) in [5.74, 6) is 0. The number of nitrogens with zero attached hydrogens (tertiary/aromatic N) is 2. The second-order valence-corrected chi connectivity index (χ2v) is 20.3. The lowest BCUT2D eigenvalue weighted by molar-refractivity contribution is 0.768. The van der Waals surface area contributed by atoms with Crippen molar-refractivity contribution < 1.29 is 0 Å². The molecule has 76 heavy (non-hydrogen) atoms. The van der Waals surface area contributed by atoms with Gasteiger partial charge in [-0.1, -0.05) is 243 Å². The van der Waals surface area contributed by atoms with Crippen molar-refractivity contribution >= 4 is 38.9 Å². The number of fused-ring (bicyclic) bond motifs is 9. The van der Waals surface area contributed by atoms with E-state index >= 15 is 0 Å². The third kappa shape index (κ3) is 6.41. The molecule has 0 atom stereocenters. The van der Waals surface area contributed by atoms with E-state index in [9.17, 15) is 0 Å². The molecule has 2 heteroatoms. The van der Waals surface area contributed by atoms with Gasteiger partial charge in [-0.15, -0.1) is 0 Å². The molecule has 0 fully saturated rings. The minimum Gasteiger partial charge on any atom is -0.310 e. The van der Waals surface area contributed by atoms with E-state index in [4.69, 9.17) is 0 Å². The largest absolute Gasteiger partial charge is 0.310 e. The molecule has 2 nitrogen and oxygen atoms in total. The number of hydrogen-bond acceptors (Lipinski definition) is 1. The van der Waals surface area contributed by atoms with E-state index in [1.807, 2.05) is 0 Å². The fourth-order valence-electron chi connectivity index (χ4n) is 13.4. The van der Waals surface area contributed by atoms with Gasteiger partial charge in [-0.3, -0.25) is 0 Å². The van der Waals surface area contributed by atoms with Gasteiger partial charge in [-0.25, -0.2) is 0 Å². The Morgan fingerprint density at radius 3 is 1.16 bits per heavy atom. The van der Waals surface area contributed by atoms with E-state index in [1.54, 1.807) is 0 Å². The summed E-state index contributed by atoms with van der Waals surface area (Å²) in [6.45, 7) is 0. The quantitative estimate of drug-likeness (QED) is 0.140. The molecule has 13 aromatic rings. The summed E-state index contributed by atoms with van der Waals surface area (Å²) in [7, 11) is 0. The third-order valence-corrected chi connectivity index (χ3v) is 16.6. The lowest BCUT2D eigenvalue weighted by Crippen LogP contribution is -2.29. The summed E-state index contributed by atoms with van der Waals surface area (Å²) in [4.78, 5) is 2.46. The van der Waals surface area contributed by atoms with E-state index in [-0.39, 0.29) is 0 Å². The van der Waals surface area contributed by atoms with Crippen LogP contribution in [0, 0.1) is 0 Å². The van der Waals surface area contributed by atoms with Crippen molar-refractivity contribution in [2.45, 2.75) is 10.8 Å².